The minimum Gasteiger partial charge on any atom is -0.362 e. The zero-order chi connectivity index (χ0) is 15.3. The second kappa shape index (κ2) is 6.69. The van der Waals surface area contributed by atoms with Gasteiger partial charge in [-0.3, -0.25) is 0 Å². The van der Waals surface area contributed by atoms with E-state index in [1.54, 1.807) is 32.9 Å². The summed E-state index contributed by atoms with van der Waals surface area (Å²) in [4.78, 5) is 0. The summed E-state index contributed by atoms with van der Waals surface area (Å²) < 4.78 is 0. The van der Waals surface area contributed by atoms with Gasteiger partial charge in [-0.15, -0.1) is 0 Å². The first-order valence-corrected chi connectivity index (χ1v) is 6.85. The standard InChI is InChI=1S/C18H24O2/c1-6-16(18(19,20)13(2)3)12-11-15(5)17-10-8-7-9-14(17)4/h6-13,19-20H,5H2,1-4H3/b12-11-,16-6+. The number of aliphatic hydroxyl groups is 2. The fraction of sp³-hybridized carbons (Fsp3) is 0.333. The molecule has 0 aliphatic rings. The van der Waals surface area contributed by atoms with Gasteiger partial charge in [0.1, 0.15) is 0 Å². The normalized spacial score (nSPS) is 13.2. The Morgan fingerprint density at radius 1 is 1.20 bits per heavy atom. The molecule has 0 heterocycles. The first-order valence-electron chi connectivity index (χ1n) is 6.85. The van der Waals surface area contributed by atoms with E-state index in [0.29, 0.717) is 5.57 Å². The third kappa shape index (κ3) is 3.69. The second-order valence-corrected chi connectivity index (χ2v) is 5.30. The highest BCUT2D eigenvalue weighted by Gasteiger charge is 2.30. The van der Waals surface area contributed by atoms with E-state index in [-0.39, 0.29) is 5.92 Å². The van der Waals surface area contributed by atoms with Crippen LogP contribution in [0.15, 0.2) is 54.6 Å². The van der Waals surface area contributed by atoms with Crippen LogP contribution in [0.25, 0.3) is 5.57 Å². The van der Waals surface area contributed by atoms with Gasteiger partial charge in [0.05, 0.1) is 0 Å². The van der Waals surface area contributed by atoms with Gasteiger partial charge in [0.25, 0.3) is 0 Å². The molecule has 0 aliphatic heterocycles. The molecule has 1 rings (SSSR count). The van der Waals surface area contributed by atoms with Crippen molar-refractivity contribution < 1.29 is 10.2 Å². The smallest absolute Gasteiger partial charge is 0.191 e. The lowest BCUT2D eigenvalue weighted by Crippen LogP contribution is -2.36. The molecule has 0 fully saturated rings. The lowest BCUT2D eigenvalue weighted by molar-refractivity contribution is -0.157. The fourth-order valence-electron chi connectivity index (χ4n) is 1.98. The molecular weight excluding hydrogens is 248 g/mol. The monoisotopic (exact) mass is 272 g/mol. The average molecular weight is 272 g/mol. The predicted octanol–water partition coefficient (Wildman–Crippen LogP) is 3.85. The number of hydrogen-bond donors (Lipinski definition) is 2. The van der Waals surface area contributed by atoms with Crippen LogP contribution in [0.4, 0.5) is 0 Å². The molecular formula is C18H24O2. The Balaban J connectivity index is 2.98. The van der Waals surface area contributed by atoms with Crippen molar-refractivity contribution in [2.24, 2.45) is 5.92 Å². The molecule has 0 saturated carbocycles. The summed E-state index contributed by atoms with van der Waals surface area (Å²) in [5.41, 5.74) is 3.53. The third-order valence-corrected chi connectivity index (χ3v) is 3.50. The van der Waals surface area contributed by atoms with E-state index in [2.05, 4.69) is 6.58 Å². The summed E-state index contributed by atoms with van der Waals surface area (Å²) in [6.45, 7) is 11.4. The highest BCUT2D eigenvalue weighted by molar-refractivity contribution is 5.74. The van der Waals surface area contributed by atoms with E-state index in [1.165, 1.54) is 0 Å². The lowest BCUT2D eigenvalue weighted by Gasteiger charge is -2.27. The molecule has 0 radical (unpaired) electrons. The maximum Gasteiger partial charge on any atom is 0.191 e. The maximum atomic E-state index is 10.1. The lowest BCUT2D eigenvalue weighted by atomic mass is 9.93. The minimum absolute atomic E-state index is 0.287. The first-order chi connectivity index (χ1) is 9.30. The zero-order valence-corrected chi connectivity index (χ0v) is 12.7. The number of aryl methyl sites for hydroxylation is 1. The molecule has 2 N–H and O–H groups in total. The molecule has 0 bridgehead atoms. The highest BCUT2D eigenvalue weighted by Crippen LogP contribution is 2.25. The summed E-state index contributed by atoms with van der Waals surface area (Å²) in [6.07, 6.45) is 5.25. The molecule has 2 nitrogen and oxygen atoms in total. The van der Waals surface area contributed by atoms with Crippen LogP contribution >= 0.6 is 0 Å². The summed E-state index contributed by atoms with van der Waals surface area (Å²) in [6, 6.07) is 7.99. The SMILES string of the molecule is C=C(/C=C\C(=C/C)C(O)(O)C(C)C)c1ccccc1C. The Labute approximate surface area is 121 Å². The van der Waals surface area contributed by atoms with Gasteiger partial charge in [-0.25, -0.2) is 0 Å². The van der Waals surface area contributed by atoms with Gasteiger partial charge >= 0.3 is 0 Å². The van der Waals surface area contributed by atoms with Crippen LogP contribution in [0.1, 0.15) is 31.9 Å². The molecule has 2 heteroatoms. The number of hydrogen-bond acceptors (Lipinski definition) is 2. The first kappa shape index (κ1) is 16.4. The summed E-state index contributed by atoms with van der Waals surface area (Å²) in [5.74, 6) is -2.11. The average Bonchev–Trinajstić information content (AvgIpc) is 2.39. The van der Waals surface area contributed by atoms with Crippen LogP contribution in [0.5, 0.6) is 0 Å². The van der Waals surface area contributed by atoms with Crippen molar-refractivity contribution in [1.29, 1.82) is 0 Å². The topological polar surface area (TPSA) is 40.5 Å². The Bertz CT molecular complexity index is 534. The van der Waals surface area contributed by atoms with Crippen molar-refractivity contribution in [3.8, 4) is 0 Å². The molecule has 20 heavy (non-hydrogen) atoms. The third-order valence-electron chi connectivity index (χ3n) is 3.50. The van der Waals surface area contributed by atoms with E-state index in [4.69, 9.17) is 0 Å². The predicted molar refractivity (Wildman–Crippen MR) is 85.1 cm³/mol. The van der Waals surface area contributed by atoms with Gasteiger partial charge in [0.2, 0.25) is 0 Å². The molecule has 0 spiro atoms. The van der Waals surface area contributed by atoms with E-state index >= 15 is 0 Å². The molecule has 0 saturated heterocycles. The van der Waals surface area contributed by atoms with Gasteiger partial charge in [0.15, 0.2) is 5.79 Å². The molecule has 0 atom stereocenters. The Kier molecular flexibility index (Phi) is 5.49. The van der Waals surface area contributed by atoms with E-state index in [9.17, 15) is 10.2 Å². The molecule has 0 aromatic heterocycles. The van der Waals surface area contributed by atoms with Gasteiger partial charge < -0.3 is 10.2 Å². The van der Waals surface area contributed by atoms with Crippen molar-refractivity contribution >= 4 is 5.57 Å². The largest absolute Gasteiger partial charge is 0.362 e. The summed E-state index contributed by atoms with van der Waals surface area (Å²) >= 11 is 0. The van der Waals surface area contributed by atoms with Crippen LogP contribution in [0.2, 0.25) is 0 Å². The molecule has 0 amide bonds. The second-order valence-electron chi connectivity index (χ2n) is 5.30. The number of rotatable bonds is 5. The zero-order valence-electron chi connectivity index (χ0n) is 12.7. The quantitative estimate of drug-likeness (QED) is 0.631. The molecule has 108 valence electrons. The van der Waals surface area contributed by atoms with E-state index in [1.807, 2.05) is 37.3 Å². The van der Waals surface area contributed by atoms with Crippen molar-refractivity contribution in [3.63, 3.8) is 0 Å². The van der Waals surface area contributed by atoms with Gasteiger partial charge in [-0.2, -0.15) is 0 Å². The Morgan fingerprint density at radius 3 is 2.30 bits per heavy atom. The van der Waals surface area contributed by atoms with E-state index in [0.717, 1.165) is 16.7 Å². The molecule has 1 aromatic rings. The van der Waals surface area contributed by atoms with Gasteiger partial charge in [-0.05, 0) is 30.5 Å². The van der Waals surface area contributed by atoms with Crippen LogP contribution in [0.3, 0.4) is 0 Å². The van der Waals surface area contributed by atoms with Crippen molar-refractivity contribution in [1.82, 2.24) is 0 Å². The molecule has 0 unspecified atom stereocenters. The van der Waals surface area contributed by atoms with Gasteiger partial charge in [-0.1, -0.05) is 62.9 Å². The minimum atomic E-state index is -1.82. The van der Waals surface area contributed by atoms with E-state index < -0.39 is 5.79 Å². The fourth-order valence-corrected chi connectivity index (χ4v) is 1.98. The van der Waals surface area contributed by atoms with Crippen LogP contribution in [-0.4, -0.2) is 16.0 Å². The Morgan fingerprint density at radius 2 is 1.80 bits per heavy atom. The van der Waals surface area contributed by atoms with Crippen LogP contribution in [0, 0.1) is 12.8 Å². The maximum absolute atomic E-state index is 10.1. The molecule has 0 aliphatic carbocycles. The van der Waals surface area contributed by atoms with Gasteiger partial charge in [0, 0.05) is 11.5 Å². The highest BCUT2D eigenvalue weighted by atomic mass is 16.5. The Hall–Kier alpha value is -1.64. The number of benzene rings is 1. The van der Waals surface area contributed by atoms with Crippen molar-refractivity contribution in [2.45, 2.75) is 33.5 Å². The van der Waals surface area contributed by atoms with Crippen molar-refractivity contribution in [2.75, 3.05) is 0 Å². The summed E-state index contributed by atoms with van der Waals surface area (Å²) in [5, 5.41) is 20.2. The summed E-state index contributed by atoms with van der Waals surface area (Å²) in [7, 11) is 0. The number of allylic oxidation sites excluding steroid dienone is 3. The molecule has 1 aromatic carbocycles. The van der Waals surface area contributed by atoms with Crippen LogP contribution in [-0.2, 0) is 0 Å². The van der Waals surface area contributed by atoms with Crippen LogP contribution < -0.4 is 0 Å². The van der Waals surface area contributed by atoms with Crippen molar-refractivity contribution in [3.05, 3.63) is 65.8 Å².